The van der Waals surface area contributed by atoms with Gasteiger partial charge in [0.1, 0.15) is 17.1 Å². The van der Waals surface area contributed by atoms with E-state index >= 15 is 0 Å². The van der Waals surface area contributed by atoms with Crippen molar-refractivity contribution < 1.29 is 19.4 Å². The molecule has 0 saturated heterocycles. The Kier molecular flexibility index (Phi) is 4.60. The number of furan rings is 1. The van der Waals surface area contributed by atoms with Crippen LogP contribution < -0.4 is 5.32 Å². The summed E-state index contributed by atoms with van der Waals surface area (Å²) in [5, 5.41) is 25.8. The Labute approximate surface area is 200 Å². The summed E-state index contributed by atoms with van der Waals surface area (Å²) < 4.78 is 5.92. The zero-order valence-corrected chi connectivity index (χ0v) is 19.2. The van der Waals surface area contributed by atoms with Gasteiger partial charge in [-0.1, -0.05) is 0 Å². The highest BCUT2D eigenvalue weighted by molar-refractivity contribution is 6.12. The summed E-state index contributed by atoms with van der Waals surface area (Å²) in [6.07, 6.45) is 0.421. The lowest BCUT2D eigenvalue weighted by Gasteiger charge is -2.05. The third-order valence-corrected chi connectivity index (χ3v) is 6.60. The van der Waals surface area contributed by atoms with Gasteiger partial charge in [0, 0.05) is 52.0 Å². The van der Waals surface area contributed by atoms with E-state index < -0.39 is 0 Å². The molecule has 7 nitrogen and oxygen atoms in total. The highest BCUT2D eigenvalue weighted by Gasteiger charge is 2.24. The number of carbonyl (C=O) groups is 1. The van der Waals surface area contributed by atoms with E-state index in [1.165, 1.54) is 0 Å². The smallest absolute Gasteiger partial charge is 0.244 e. The number of aryl methyl sites for hydroxylation is 1. The molecule has 5 N–H and O–H groups in total. The van der Waals surface area contributed by atoms with E-state index in [1.807, 2.05) is 38.2 Å². The van der Waals surface area contributed by atoms with Crippen LogP contribution in [0.25, 0.3) is 32.8 Å². The number of anilines is 1. The minimum absolute atomic E-state index is 0.119. The van der Waals surface area contributed by atoms with E-state index in [0.29, 0.717) is 17.7 Å². The number of hydrogen-bond acceptors (Lipinski definition) is 5. The average Bonchev–Trinajstić information content (AvgIpc) is 3.52. The van der Waals surface area contributed by atoms with Crippen molar-refractivity contribution in [2.24, 2.45) is 0 Å². The Morgan fingerprint density at radius 2 is 1.57 bits per heavy atom. The topological polar surface area (TPSA) is 114 Å². The van der Waals surface area contributed by atoms with Crippen LogP contribution in [0, 0.1) is 6.92 Å². The normalized spacial score (nSPS) is 11.6. The lowest BCUT2D eigenvalue weighted by molar-refractivity contribution is 0.101. The van der Waals surface area contributed by atoms with Crippen molar-refractivity contribution in [1.29, 1.82) is 0 Å². The fraction of sp³-hybridized carbons (Fsp3) is 0.107. The van der Waals surface area contributed by atoms with Gasteiger partial charge in [-0.3, -0.25) is 4.79 Å². The number of fused-ring (bicyclic) bond motifs is 3. The first kappa shape index (κ1) is 20.9. The number of aromatic amines is 2. The van der Waals surface area contributed by atoms with Gasteiger partial charge in [0.2, 0.25) is 5.78 Å². The van der Waals surface area contributed by atoms with Gasteiger partial charge in [0.25, 0.3) is 0 Å². The summed E-state index contributed by atoms with van der Waals surface area (Å²) >= 11 is 0. The Morgan fingerprint density at radius 1 is 0.886 bits per heavy atom. The first-order valence-corrected chi connectivity index (χ1v) is 11.3. The lowest BCUT2D eigenvalue weighted by atomic mass is 9.97. The second-order valence-electron chi connectivity index (χ2n) is 8.79. The quantitative estimate of drug-likeness (QED) is 0.201. The fourth-order valence-electron chi connectivity index (χ4n) is 4.82. The van der Waals surface area contributed by atoms with Crippen LogP contribution in [0.1, 0.15) is 33.1 Å². The van der Waals surface area contributed by atoms with Crippen LogP contribution in [-0.2, 0) is 6.42 Å². The first-order chi connectivity index (χ1) is 16.9. The van der Waals surface area contributed by atoms with E-state index in [4.69, 9.17) is 4.42 Å². The average molecular weight is 466 g/mol. The largest absolute Gasteiger partial charge is 0.508 e. The molecule has 0 fully saturated rings. The minimum Gasteiger partial charge on any atom is -0.508 e. The third-order valence-electron chi connectivity index (χ3n) is 6.60. The number of phenols is 2. The maximum atomic E-state index is 13.7. The molecule has 7 heteroatoms. The molecule has 3 aromatic heterocycles. The predicted molar refractivity (Wildman–Crippen MR) is 137 cm³/mol. The van der Waals surface area contributed by atoms with Gasteiger partial charge < -0.3 is 29.9 Å². The van der Waals surface area contributed by atoms with Gasteiger partial charge in [-0.2, -0.15) is 0 Å². The van der Waals surface area contributed by atoms with Crippen molar-refractivity contribution in [3.05, 3.63) is 88.9 Å². The molecule has 0 spiro atoms. The molecule has 0 atom stereocenters. The molecular formula is C28H23N3O4. The molecule has 0 radical (unpaired) electrons. The maximum Gasteiger partial charge on any atom is 0.244 e. The van der Waals surface area contributed by atoms with Crippen LogP contribution in [0.15, 0.2) is 65.1 Å². The number of rotatable bonds is 5. The Morgan fingerprint density at radius 3 is 2.29 bits per heavy atom. The molecule has 0 amide bonds. The maximum absolute atomic E-state index is 13.7. The molecule has 3 aromatic carbocycles. The van der Waals surface area contributed by atoms with E-state index in [2.05, 4.69) is 15.3 Å². The standard InChI is InChI=1S/C28H23N3O4/c1-14-19(20-11-17(32)4-6-23(20)30-14)13-22-21-12-18(33)5-7-24(21)31-27(22)28(34)26-10-15-9-16(29-2)3-8-25(15)35-26/h3-12,29-33H,13H2,1-2H3. The number of phenolic OH excluding ortho intramolecular Hbond substituents is 2. The van der Waals surface area contributed by atoms with Crippen molar-refractivity contribution in [1.82, 2.24) is 9.97 Å². The molecular weight excluding hydrogens is 442 g/mol. The Bertz CT molecular complexity index is 1770. The molecule has 0 saturated carbocycles. The SMILES string of the molecule is CNc1ccc2oc(C(=O)c3[nH]c4ccc(O)cc4c3Cc3c(C)[nH]c4ccc(O)cc34)cc2c1. The van der Waals surface area contributed by atoms with E-state index in [0.717, 1.165) is 49.7 Å². The number of carbonyl (C=O) groups excluding carboxylic acids is 1. The molecule has 0 aliphatic carbocycles. The van der Waals surface area contributed by atoms with Gasteiger partial charge in [-0.15, -0.1) is 0 Å². The van der Waals surface area contributed by atoms with Crippen LogP contribution in [-0.4, -0.2) is 33.0 Å². The molecule has 0 aliphatic heterocycles. The Balaban J connectivity index is 1.52. The molecule has 35 heavy (non-hydrogen) atoms. The monoisotopic (exact) mass is 465 g/mol. The van der Waals surface area contributed by atoms with Gasteiger partial charge >= 0.3 is 0 Å². The Hall–Kier alpha value is -4.65. The molecule has 6 rings (SSSR count). The van der Waals surface area contributed by atoms with Crippen LogP contribution in [0.2, 0.25) is 0 Å². The predicted octanol–water partition coefficient (Wildman–Crippen LogP) is 5.98. The lowest BCUT2D eigenvalue weighted by Crippen LogP contribution is -2.05. The van der Waals surface area contributed by atoms with Crippen molar-refractivity contribution in [3.8, 4) is 11.5 Å². The number of ketones is 1. The van der Waals surface area contributed by atoms with Crippen LogP contribution in [0.5, 0.6) is 11.5 Å². The second-order valence-corrected chi connectivity index (χ2v) is 8.79. The summed E-state index contributed by atoms with van der Waals surface area (Å²) in [4.78, 5) is 20.3. The molecule has 6 aromatic rings. The summed E-state index contributed by atoms with van der Waals surface area (Å²) in [7, 11) is 1.84. The number of aromatic hydroxyl groups is 2. The van der Waals surface area contributed by atoms with Gasteiger partial charge in [-0.05, 0) is 78.7 Å². The van der Waals surface area contributed by atoms with Crippen molar-refractivity contribution in [3.63, 3.8) is 0 Å². The fourth-order valence-corrected chi connectivity index (χ4v) is 4.82. The highest BCUT2D eigenvalue weighted by Crippen LogP contribution is 2.34. The summed E-state index contributed by atoms with van der Waals surface area (Å²) in [5.41, 5.74) is 6.29. The number of benzene rings is 3. The highest BCUT2D eigenvalue weighted by atomic mass is 16.3. The molecule has 3 heterocycles. The number of H-pyrrole nitrogens is 2. The van der Waals surface area contributed by atoms with E-state index in [-0.39, 0.29) is 23.0 Å². The zero-order valence-electron chi connectivity index (χ0n) is 19.2. The van der Waals surface area contributed by atoms with Crippen molar-refractivity contribution in [2.75, 3.05) is 12.4 Å². The van der Waals surface area contributed by atoms with E-state index in [1.54, 1.807) is 36.4 Å². The number of nitrogens with one attached hydrogen (secondary N) is 3. The van der Waals surface area contributed by atoms with Crippen LogP contribution in [0.4, 0.5) is 5.69 Å². The van der Waals surface area contributed by atoms with Gasteiger partial charge in [0.15, 0.2) is 5.76 Å². The number of hydrogen-bond donors (Lipinski definition) is 5. The van der Waals surface area contributed by atoms with Crippen molar-refractivity contribution >= 4 is 44.2 Å². The van der Waals surface area contributed by atoms with Crippen LogP contribution in [0.3, 0.4) is 0 Å². The van der Waals surface area contributed by atoms with Crippen LogP contribution >= 0.6 is 0 Å². The molecule has 0 aliphatic rings. The summed E-state index contributed by atoms with van der Waals surface area (Å²) in [6, 6.07) is 17.6. The molecule has 0 bridgehead atoms. The second kappa shape index (κ2) is 7.70. The summed E-state index contributed by atoms with van der Waals surface area (Å²) in [5.74, 6) is 0.263. The van der Waals surface area contributed by atoms with E-state index in [9.17, 15) is 15.0 Å². The van der Waals surface area contributed by atoms with Gasteiger partial charge in [-0.25, -0.2) is 0 Å². The third kappa shape index (κ3) is 3.40. The first-order valence-electron chi connectivity index (χ1n) is 11.3. The molecule has 174 valence electrons. The number of aromatic nitrogens is 2. The van der Waals surface area contributed by atoms with Gasteiger partial charge in [0.05, 0.1) is 5.69 Å². The van der Waals surface area contributed by atoms with Crippen molar-refractivity contribution in [2.45, 2.75) is 13.3 Å². The summed E-state index contributed by atoms with van der Waals surface area (Å²) in [6.45, 7) is 1.97. The molecule has 0 unspecified atom stereocenters. The zero-order chi connectivity index (χ0) is 24.3. The minimum atomic E-state index is -0.266.